The van der Waals surface area contributed by atoms with E-state index in [1.807, 2.05) is 24.3 Å². The number of ether oxygens (including phenoxy) is 2. The van der Waals surface area contributed by atoms with E-state index >= 15 is 0 Å². The molecule has 19 heavy (non-hydrogen) atoms. The van der Waals surface area contributed by atoms with Crippen LogP contribution >= 0.6 is 0 Å². The first kappa shape index (κ1) is 14.1. The first-order chi connectivity index (χ1) is 9.29. The van der Waals surface area contributed by atoms with Crippen LogP contribution in [0, 0.1) is 0 Å². The average molecular weight is 266 g/mol. The van der Waals surface area contributed by atoms with Crippen molar-refractivity contribution < 1.29 is 14.6 Å². The number of nitrogen functional groups attached to an aromatic ring is 1. The minimum atomic E-state index is -0.0422. The maximum atomic E-state index is 9.07. The molecule has 3 N–H and O–H groups in total. The van der Waals surface area contributed by atoms with Gasteiger partial charge in [-0.05, 0) is 18.6 Å². The number of benzene rings is 1. The molecule has 1 atom stereocenters. The fraction of sp³-hybridized carbons (Fsp3) is 0.571. The Labute approximate surface area is 113 Å². The van der Waals surface area contributed by atoms with E-state index in [0.29, 0.717) is 18.9 Å². The zero-order valence-corrected chi connectivity index (χ0v) is 11.1. The summed E-state index contributed by atoms with van der Waals surface area (Å²) in [6.07, 6.45) is 0.895. The van der Waals surface area contributed by atoms with Crippen LogP contribution in [0.5, 0.6) is 5.75 Å². The summed E-state index contributed by atoms with van der Waals surface area (Å²) in [6.45, 7) is 4.10. The Balaban J connectivity index is 1.65. The monoisotopic (exact) mass is 266 g/mol. The van der Waals surface area contributed by atoms with E-state index in [0.717, 1.165) is 31.8 Å². The van der Waals surface area contributed by atoms with Crippen LogP contribution in [0.25, 0.3) is 0 Å². The molecule has 1 aromatic carbocycles. The van der Waals surface area contributed by atoms with Gasteiger partial charge in [-0.15, -0.1) is 0 Å². The molecule has 5 heteroatoms. The summed E-state index contributed by atoms with van der Waals surface area (Å²) in [5, 5.41) is 9.07. The molecule has 1 aromatic rings. The molecule has 0 amide bonds. The summed E-state index contributed by atoms with van der Waals surface area (Å²) in [6, 6.07) is 7.53. The highest BCUT2D eigenvalue weighted by atomic mass is 16.5. The summed E-state index contributed by atoms with van der Waals surface area (Å²) >= 11 is 0. The Hall–Kier alpha value is -1.30. The first-order valence-electron chi connectivity index (χ1n) is 6.71. The van der Waals surface area contributed by atoms with Gasteiger partial charge in [0.2, 0.25) is 0 Å². The topological polar surface area (TPSA) is 68.0 Å². The lowest BCUT2D eigenvalue weighted by Crippen LogP contribution is -2.44. The third-order valence-corrected chi connectivity index (χ3v) is 3.22. The Kier molecular flexibility index (Phi) is 5.44. The van der Waals surface area contributed by atoms with Crippen LogP contribution < -0.4 is 10.5 Å². The second kappa shape index (κ2) is 7.33. The number of aliphatic hydroxyl groups is 1. The molecule has 0 aromatic heterocycles. The SMILES string of the molecule is Nc1ccccc1OCCCN1CCOC(CO)C1. The number of morpholine rings is 1. The molecule has 0 aliphatic carbocycles. The molecule has 1 saturated heterocycles. The molecule has 1 aliphatic rings. The van der Waals surface area contributed by atoms with Gasteiger partial charge in [-0.3, -0.25) is 4.90 Å². The molecule has 0 bridgehead atoms. The van der Waals surface area contributed by atoms with E-state index in [4.69, 9.17) is 20.3 Å². The average Bonchev–Trinajstić information content (AvgIpc) is 2.45. The van der Waals surface area contributed by atoms with Crippen LogP contribution in [0.2, 0.25) is 0 Å². The van der Waals surface area contributed by atoms with Gasteiger partial charge < -0.3 is 20.3 Å². The summed E-state index contributed by atoms with van der Waals surface area (Å²) in [5.74, 6) is 0.748. The Morgan fingerprint density at radius 2 is 2.26 bits per heavy atom. The molecule has 1 aliphatic heterocycles. The lowest BCUT2D eigenvalue weighted by molar-refractivity contribution is -0.0533. The van der Waals surface area contributed by atoms with Crippen LogP contribution in [-0.2, 0) is 4.74 Å². The van der Waals surface area contributed by atoms with Crippen molar-refractivity contribution in [3.8, 4) is 5.75 Å². The van der Waals surface area contributed by atoms with Crippen LogP contribution in [0.4, 0.5) is 5.69 Å². The minimum absolute atomic E-state index is 0.0422. The second-order valence-corrected chi connectivity index (χ2v) is 4.72. The van der Waals surface area contributed by atoms with Crippen LogP contribution in [0.1, 0.15) is 6.42 Å². The van der Waals surface area contributed by atoms with Crippen molar-refractivity contribution in [1.29, 1.82) is 0 Å². The van der Waals surface area contributed by atoms with Gasteiger partial charge >= 0.3 is 0 Å². The van der Waals surface area contributed by atoms with Gasteiger partial charge in [-0.25, -0.2) is 0 Å². The highest BCUT2D eigenvalue weighted by Crippen LogP contribution is 2.19. The molecule has 106 valence electrons. The minimum Gasteiger partial charge on any atom is -0.491 e. The molecule has 0 radical (unpaired) electrons. The normalized spacial score (nSPS) is 20.4. The summed E-state index contributed by atoms with van der Waals surface area (Å²) in [7, 11) is 0. The van der Waals surface area contributed by atoms with Crippen molar-refractivity contribution in [1.82, 2.24) is 4.90 Å². The number of hydrogen-bond donors (Lipinski definition) is 2. The van der Waals surface area contributed by atoms with Crippen LogP contribution in [-0.4, -0.2) is 55.6 Å². The number of aliphatic hydroxyl groups excluding tert-OH is 1. The van der Waals surface area contributed by atoms with E-state index in [1.54, 1.807) is 0 Å². The standard InChI is InChI=1S/C14H22N2O3/c15-13-4-1-2-5-14(13)19-8-3-6-16-7-9-18-12(10-16)11-17/h1-2,4-5,12,17H,3,6-11,15H2. The van der Waals surface area contributed by atoms with Crippen molar-refractivity contribution >= 4 is 5.69 Å². The van der Waals surface area contributed by atoms with E-state index in [9.17, 15) is 0 Å². The van der Waals surface area contributed by atoms with Crippen molar-refractivity contribution in [2.24, 2.45) is 0 Å². The third-order valence-electron chi connectivity index (χ3n) is 3.22. The number of hydrogen-bond acceptors (Lipinski definition) is 5. The molecule has 5 nitrogen and oxygen atoms in total. The Bertz CT molecular complexity index is 387. The fourth-order valence-electron chi connectivity index (χ4n) is 2.18. The predicted molar refractivity (Wildman–Crippen MR) is 74.2 cm³/mol. The Morgan fingerprint density at radius 3 is 3.05 bits per heavy atom. The van der Waals surface area contributed by atoms with Gasteiger partial charge in [-0.1, -0.05) is 12.1 Å². The highest BCUT2D eigenvalue weighted by Gasteiger charge is 2.18. The molecule has 1 heterocycles. The van der Waals surface area contributed by atoms with Crippen molar-refractivity contribution in [2.45, 2.75) is 12.5 Å². The third kappa shape index (κ3) is 4.38. The molecule has 1 unspecified atom stereocenters. The van der Waals surface area contributed by atoms with E-state index < -0.39 is 0 Å². The molecular formula is C14H22N2O3. The van der Waals surface area contributed by atoms with Crippen molar-refractivity contribution in [2.75, 3.05) is 45.2 Å². The molecule has 1 fully saturated rings. The number of anilines is 1. The number of nitrogens with two attached hydrogens (primary N) is 1. The summed E-state index contributed by atoms with van der Waals surface area (Å²) in [5.41, 5.74) is 6.48. The van der Waals surface area contributed by atoms with Gasteiger partial charge in [0, 0.05) is 19.6 Å². The van der Waals surface area contributed by atoms with Gasteiger partial charge in [0.05, 0.1) is 31.6 Å². The molecular weight excluding hydrogens is 244 g/mol. The number of para-hydroxylation sites is 2. The maximum absolute atomic E-state index is 9.07. The van der Waals surface area contributed by atoms with Gasteiger partial charge in [0.25, 0.3) is 0 Å². The van der Waals surface area contributed by atoms with E-state index in [-0.39, 0.29) is 12.7 Å². The van der Waals surface area contributed by atoms with E-state index in [2.05, 4.69) is 4.90 Å². The van der Waals surface area contributed by atoms with Gasteiger partial charge in [0.1, 0.15) is 5.75 Å². The zero-order chi connectivity index (χ0) is 13.5. The highest BCUT2D eigenvalue weighted by molar-refractivity contribution is 5.51. The lowest BCUT2D eigenvalue weighted by atomic mass is 10.2. The van der Waals surface area contributed by atoms with Crippen LogP contribution in [0.3, 0.4) is 0 Å². The quantitative estimate of drug-likeness (QED) is 0.587. The van der Waals surface area contributed by atoms with E-state index in [1.165, 1.54) is 0 Å². The smallest absolute Gasteiger partial charge is 0.142 e. The van der Waals surface area contributed by atoms with Crippen molar-refractivity contribution in [3.63, 3.8) is 0 Å². The summed E-state index contributed by atoms with van der Waals surface area (Å²) < 4.78 is 11.1. The summed E-state index contributed by atoms with van der Waals surface area (Å²) in [4.78, 5) is 2.29. The molecule has 0 saturated carbocycles. The second-order valence-electron chi connectivity index (χ2n) is 4.72. The number of rotatable bonds is 6. The van der Waals surface area contributed by atoms with Crippen LogP contribution in [0.15, 0.2) is 24.3 Å². The number of nitrogens with zero attached hydrogens (tertiary/aromatic N) is 1. The Morgan fingerprint density at radius 1 is 1.42 bits per heavy atom. The fourth-order valence-corrected chi connectivity index (χ4v) is 2.18. The van der Waals surface area contributed by atoms with Gasteiger partial charge in [-0.2, -0.15) is 0 Å². The molecule has 0 spiro atoms. The lowest BCUT2D eigenvalue weighted by Gasteiger charge is -2.31. The molecule has 2 rings (SSSR count). The maximum Gasteiger partial charge on any atom is 0.142 e. The van der Waals surface area contributed by atoms with Crippen molar-refractivity contribution in [3.05, 3.63) is 24.3 Å². The first-order valence-corrected chi connectivity index (χ1v) is 6.71. The zero-order valence-electron chi connectivity index (χ0n) is 11.1. The largest absolute Gasteiger partial charge is 0.491 e. The van der Waals surface area contributed by atoms with Gasteiger partial charge in [0.15, 0.2) is 0 Å². The predicted octanol–water partition coefficient (Wildman–Crippen LogP) is 0.731.